The molecule has 0 saturated carbocycles. The van der Waals surface area contributed by atoms with Crippen LogP contribution in [-0.4, -0.2) is 12.2 Å². The maximum absolute atomic E-state index is 12.8. The first-order valence-electron chi connectivity index (χ1n) is 4.02. The average molecular weight is 170 g/mol. The molecule has 0 radical (unpaired) electrons. The number of aliphatic hydroxyl groups excluding tert-OH is 1. The number of benzene rings is 1. The van der Waals surface area contributed by atoms with Gasteiger partial charge in [0, 0.05) is 7.11 Å². The van der Waals surface area contributed by atoms with Crippen molar-refractivity contribution < 1.29 is 9.50 Å². The van der Waals surface area contributed by atoms with E-state index in [1.807, 2.05) is 19.1 Å². The Morgan fingerprint density at radius 2 is 1.83 bits per heavy atom. The van der Waals surface area contributed by atoms with Crippen LogP contribution in [0.5, 0.6) is 0 Å². The van der Waals surface area contributed by atoms with Crippen molar-refractivity contribution in [3.8, 4) is 0 Å². The molecule has 0 aromatic heterocycles. The summed E-state index contributed by atoms with van der Waals surface area (Å²) < 4.78 is 12.8. The molecule has 0 aliphatic heterocycles. The van der Waals surface area contributed by atoms with Crippen molar-refractivity contribution in [2.45, 2.75) is 19.8 Å². The van der Waals surface area contributed by atoms with E-state index in [-0.39, 0.29) is 5.82 Å². The Bertz CT molecular complexity index is 211. The lowest BCUT2D eigenvalue weighted by Crippen LogP contribution is -1.86. The molecule has 0 heterocycles. The molecule has 1 rings (SSSR count). The fourth-order valence-electron chi connectivity index (χ4n) is 0.970. The molecule has 0 aliphatic carbocycles. The fourth-order valence-corrected chi connectivity index (χ4v) is 0.970. The molecule has 0 amide bonds. The summed E-state index contributed by atoms with van der Waals surface area (Å²) in [7, 11) is 1.00. The van der Waals surface area contributed by atoms with E-state index in [1.54, 1.807) is 6.07 Å². The van der Waals surface area contributed by atoms with E-state index >= 15 is 0 Å². The number of rotatable bonds is 2. The molecular weight excluding hydrogens is 155 g/mol. The van der Waals surface area contributed by atoms with Crippen LogP contribution in [0.15, 0.2) is 24.3 Å². The molecule has 1 N–H and O–H groups in total. The van der Waals surface area contributed by atoms with Crippen molar-refractivity contribution in [1.82, 2.24) is 0 Å². The highest BCUT2D eigenvalue weighted by atomic mass is 19.1. The lowest BCUT2D eigenvalue weighted by atomic mass is 10.1. The molecule has 0 spiro atoms. The second-order valence-corrected chi connectivity index (χ2v) is 2.34. The third kappa shape index (κ3) is 3.49. The zero-order valence-electron chi connectivity index (χ0n) is 7.55. The van der Waals surface area contributed by atoms with E-state index in [1.165, 1.54) is 6.07 Å². The van der Waals surface area contributed by atoms with Crippen molar-refractivity contribution in [2.75, 3.05) is 7.11 Å². The molecule has 0 fully saturated rings. The molecule has 12 heavy (non-hydrogen) atoms. The maximum Gasteiger partial charge on any atom is 0.126 e. The summed E-state index contributed by atoms with van der Waals surface area (Å²) in [5.41, 5.74) is 0.824. The molecule has 0 bridgehead atoms. The van der Waals surface area contributed by atoms with Gasteiger partial charge in [-0.25, -0.2) is 4.39 Å². The number of hydrogen-bond donors (Lipinski definition) is 1. The summed E-state index contributed by atoms with van der Waals surface area (Å²) >= 11 is 0. The van der Waals surface area contributed by atoms with Gasteiger partial charge in [-0.1, -0.05) is 31.5 Å². The van der Waals surface area contributed by atoms with Crippen LogP contribution in [0.3, 0.4) is 0 Å². The minimum Gasteiger partial charge on any atom is -0.400 e. The van der Waals surface area contributed by atoms with E-state index < -0.39 is 0 Å². The first-order chi connectivity index (χ1) is 5.84. The van der Waals surface area contributed by atoms with Crippen LogP contribution >= 0.6 is 0 Å². The second kappa shape index (κ2) is 6.80. The lowest BCUT2D eigenvalue weighted by Gasteiger charge is -1.97. The highest BCUT2D eigenvalue weighted by Gasteiger charge is 1.96. The van der Waals surface area contributed by atoms with Gasteiger partial charge in [-0.2, -0.15) is 0 Å². The highest BCUT2D eigenvalue weighted by molar-refractivity contribution is 5.16. The smallest absolute Gasteiger partial charge is 0.126 e. The first-order valence-corrected chi connectivity index (χ1v) is 4.02. The Labute approximate surface area is 72.9 Å². The summed E-state index contributed by atoms with van der Waals surface area (Å²) in [6, 6.07) is 6.92. The largest absolute Gasteiger partial charge is 0.400 e. The molecule has 1 nitrogen and oxygen atoms in total. The third-order valence-electron chi connectivity index (χ3n) is 1.48. The van der Waals surface area contributed by atoms with Crippen molar-refractivity contribution in [3.05, 3.63) is 35.6 Å². The van der Waals surface area contributed by atoms with Crippen LogP contribution in [0.1, 0.15) is 18.9 Å². The van der Waals surface area contributed by atoms with Gasteiger partial charge in [-0.3, -0.25) is 0 Å². The van der Waals surface area contributed by atoms with Crippen LogP contribution in [0.2, 0.25) is 0 Å². The minimum absolute atomic E-state index is 0.0793. The summed E-state index contributed by atoms with van der Waals surface area (Å²) in [4.78, 5) is 0. The summed E-state index contributed by atoms with van der Waals surface area (Å²) in [6.45, 7) is 2.05. The van der Waals surface area contributed by atoms with E-state index in [9.17, 15) is 4.39 Å². The van der Waals surface area contributed by atoms with Gasteiger partial charge in [-0.05, 0) is 18.1 Å². The van der Waals surface area contributed by atoms with E-state index in [4.69, 9.17) is 5.11 Å². The van der Waals surface area contributed by atoms with Crippen LogP contribution in [0.25, 0.3) is 0 Å². The Kier molecular flexibility index (Phi) is 6.29. The molecule has 0 saturated heterocycles. The van der Waals surface area contributed by atoms with Crippen LogP contribution in [0, 0.1) is 5.82 Å². The fraction of sp³-hybridized carbons (Fsp3) is 0.400. The molecule has 1 aromatic carbocycles. The van der Waals surface area contributed by atoms with Crippen molar-refractivity contribution in [2.24, 2.45) is 0 Å². The van der Waals surface area contributed by atoms with Gasteiger partial charge < -0.3 is 5.11 Å². The molecule has 0 aliphatic rings. The Hall–Kier alpha value is -0.890. The van der Waals surface area contributed by atoms with Crippen LogP contribution < -0.4 is 0 Å². The SMILES string of the molecule is CCCc1ccccc1F.CO. The van der Waals surface area contributed by atoms with Crippen LogP contribution in [0.4, 0.5) is 4.39 Å². The van der Waals surface area contributed by atoms with Crippen molar-refractivity contribution >= 4 is 0 Å². The number of halogens is 1. The Morgan fingerprint density at radius 3 is 2.33 bits per heavy atom. The van der Waals surface area contributed by atoms with Gasteiger partial charge in [-0.15, -0.1) is 0 Å². The third-order valence-corrected chi connectivity index (χ3v) is 1.48. The second-order valence-electron chi connectivity index (χ2n) is 2.34. The van der Waals surface area contributed by atoms with E-state index in [0.717, 1.165) is 25.5 Å². The molecule has 0 unspecified atom stereocenters. The first kappa shape index (κ1) is 11.1. The van der Waals surface area contributed by atoms with Crippen molar-refractivity contribution in [1.29, 1.82) is 0 Å². The predicted octanol–water partition coefficient (Wildman–Crippen LogP) is 2.39. The highest BCUT2D eigenvalue weighted by Crippen LogP contribution is 2.07. The Balaban J connectivity index is 0.000000561. The minimum atomic E-state index is -0.0793. The normalized spacial score (nSPS) is 8.67. The number of hydrogen-bond acceptors (Lipinski definition) is 1. The van der Waals surface area contributed by atoms with Gasteiger partial charge in [0.15, 0.2) is 0 Å². The average Bonchev–Trinajstić information content (AvgIpc) is 2.13. The van der Waals surface area contributed by atoms with Gasteiger partial charge >= 0.3 is 0 Å². The molecule has 0 atom stereocenters. The van der Waals surface area contributed by atoms with E-state index in [0.29, 0.717) is 0 Å². The number of aliphatic hydroxyl groups is 1. The lowest BCUT2D eigenvalue weighted by molar-refractivity contribution is 0.399. The molecule has 1 aromatic rings. The molecular formula is C10H15FO. The van der Waals surface area contributed by atoms with E-state index in [2.05, 4.69) is 0 Å². The van der Waals surface area contributed by atoms with Gasteiger partial charge in [0.1, 0.15) is 5.82 Å². The predicted molar refractivity (Wildman–Crippen MR) is 48.5 cm³/mol. The standard InChI is InChI=1S/C9H11F.CH4O/c1-2-5-8-6-3-4-7-9(8)10;1-2/h3-4,6-7H,2,5H2,1H3;2H,1H3. The quantitative estimate of drug-likeness (QED) is 0.722. The number of aryl methyl sites for hydroxylation is 1. The zero-order valence-corrected chi connectivity index (χ0v) is 7.55. The monoisotopic (exact) mass is 170 g/mol. The van der Waals surface area contributed by atoms with Crippen LogP contribution in [-0.2, 0) is 6.42 Å². The molecule has 2 heteroatoms. The Morgan fingerprint density at radius 1 is 1.25 bits per heavy atom. The van der Waals surface area contributed by atoms with Gasteiger partial charge in [0.05, 0.1) is 0 Å². The summed E-state index contributed by atoms with van der Waals surface area (Å²) in [5, 5.41) is 7.00. The van der Waals surface area contributed by atoms with Crippen molar-refractivity contribution in [3.63, 3.8) is 0 Å². The van der Waals surface area contributed by atoms with Gasteiger partial charge in [0.2, 0.25) is 0 Å². The zero-order chi connectivity index (χ0) is 9.40. The van der Waals surface area contributed by atoms with Gasteiger partial charge in [0.25, 0.3) is 0 Å². The molecule has 68 valence electrons. The summed E-state index contributed by atoms with van der Waals surface area (Å²) in [5.74, 6) is -0.0793. The topological polar surface area (TPSA) is 20.2 Å². The summed E-state index contributed by atoms with van der Waals surface area (Å²) in [6.07, 6.45) is 1.84. The maximum atomic E-state index is 12.8.